The van der Waals surface area contributed by atoms with E-state index >= 15 is 19.2 Å². The minimum Gasteiger partial charge on any atom is -0.461 e. The SMILES string of the molecule is CC[C@@H]1CC(=O)[C@H]([C@H](O)[C@H](C)Cc2nc3ccc(C(=O)OCCN(C)C)cc3[nH]2)N(C)C(=O)[C@H](C(C)C)N(C)C(=O)[C@H](CC(C)C)N(C)C(=O)[C@H](CC(C)C)N(C)C(=O)[C@@H](C)NC(=O)[C@H](C)CC(=O)[C@H](CC(C)C)N(C)C(=O)[C@H](C(C)C)CC(=O)[C@H](CC(C)C)N(C)C(=O)CN(C)C1=O. The van der Waals surface area contributed by atoms with Crippen molar-refractivity contribution in [2.24, 2.45) is 59.2 Å². The monoisotopic (exact) mass is 1390 g/mol. The number of ether oxygens (including phenoxy) is 1. The molecule has 8 amide bonds. The number of carbonyl (C=O) groups is 12. The third kappa shape index (κ3) is 23.7. The molecule has 0 bridgehead atoms. The van der Waals surface area contributed by atoms with Crippen molar-refractivity contribution in [3.05, 3.63) is 29.6 Å². The molecular weight excluding hydrogens is 1270 g/mol. The highest BCUT2D eigenvalue weighted by Crippen LogP contribution is 2.30. The predicted molar refractivity (Wildman–Crippen MR) is 381 cm³/mol. The lowest BCUT2D eigenvalue weighted by Crippen LogP contribution is -2.62. The van der Waals surface area contributed by atoms with Crippen molar-refractivity contribution in [3.63, 3.8) is 0 Å². The number of aromatic nitrogens is 2. The van der Waals surface area contributed by atoms with Crippen LogP contribution in [-0.2, 0) is 63.9 Å². The number of hydrogen-bond acceptors (Lipinski definition) is 16. The van der Waals surface area contributed by atoms with Gasteiger partial charge in [-0.2, -0.15) is 0 Å². The van der Waals surface area contributed by atoms with Gasteiger partial charge in [-0.3, -0.25) is 52.7 Å². The van der Waals surface area contributed by atoms with Gasteiger partial charge in [0.1, 0.15) is 42.6 Å². The second kappa shape index (κ2) is 38.6. The Bertz CT molecular complexity index is 3120. The third-order valence-corrected chi connectivity index (χ3v) is 19.4. The fraction of sp³-hybridized carbons (Fsp3) is 0.743. The maximum absolute atomic E-state index is 15.6. The molecule has 3 rings (SSSR count). The van der Waals surface area contributed by atoms with Gasteiger partial charge < -0.3 is 59.3 Å². The van der Waals surface area contributed by atoms with Gasteiger partial charge in [-0.25, -0.2) is 9.78 Å². The summed E-state index contributed by atoms with van der Waals surface area (Å²) < 4.78 is 5.46. The number of esters is 1. The molecule has 3 N–H and O–H groups in total. The zero-order valence-corrected chi connectivity index (χ0v) is 64.4. The first kappa shape index (κ1) is 86.1. The van der Waals surface area contributed by atoms with E-state index in [-0.39, 0.29) is 87.2 Å². The highest BCUT2D eigenvalue weighted by atomic mass is 16.5. The number of aliphatic hydroxyl groups is 1. The first-order chi connectivity index (χ1) is 45.9. The number of hydrogen-bond donors (Lipinski definition) is 3. The summed E-state index contributed by atoms with van der Waals surface area (Å²) in [4.78, 5) is 195. The lowest BCUT2D eigenvalue weighted by atomic mass is 9.84. The molecule has 99 heavy (non-hydrogen) atoms. The molecule has 12 atom stereocenters. The van der Waals surface area contributed by atoms with Gasteiger partial charge in [-0.1, -0.05) is 104 Å². The molecule has 1 fully saturated rings. The summed E-state index contributed by atoms with van der Waals surface area (Å²) in [5, 5.41) is 15.5. The van der Waals surface area contributed by atoms with Crippen LogP contribution in [0.15, 0.2) is 18.2 Å². The lowest BCUT2D eigenvalue weighted by molar-refractivity contribution is -0.157. The van der Waals surface area contributed by atoms with Crippen LogP contribution < -0.4 is 5.32 Å². The predicted octanol–water partition coefficient (Wildman–Crippen LogP) is 6.41. The van der Waals surface area contributed by atoms with E-state index in [1.165, 1.54) is 85.7 Å². The van der Waals surface area contributed by atoms with E-state index in [0.29, 0.717) is 23.4 Å². The van der Waals surface area contributed by atoms with E-state index in [0.717, 1.165) is 4.90 Å². The summed E-state index contributed by atoms with van der Waals surface area (Å²) in [6.45, 7) is 28.7. The van der Waals surface area contributed by atoms with Crippen LogP contribution in [0.4, 0.5) is 0 Å². The quantitative estimate of drug-likeness (QED) is 0.128. The average molecular weight is 1390 g/mol. The molecule has 1 aromatic carbocycles. The summed E-state index contributed by atoms with van der Waals surface area (Å²) >= 11 is 0. The smallest absolute Gasteiger partial charge is 0.338 e. The van der Waals surface area contributed by atoms with Gasteiger partial charge in [0.15, 0.2) is 17.3 Å². The van der Waals surface area contributed by atoms with Crippen molar-refractivity contribution in [2.75, 3.05) is 83.1 Å². The number of Topliss-reactive ketones (excluding diaryl/α,β-unsaturated/α-hetero) is 3. The summed E-state index contributed by atoms with van der Waals surface area (Å²) in [5.74, 6) is -11.9. The number of ketones is 3. The second-order valence-corrected chi connectivity index (χ2v) is 30.8. The van der Waals surface area contributed by atoms with Crippen LogP contribution in [0.3, 0.4) is 0 Å². The van der Waals surface area contributed by atoms with Gasteiger partial charge in [0.05, 0.1) is 41.3 Å². The number of carbonyl (C=O) groups excluding carboxylic acids is 12. The summed E-state index contributed by atoms with van der Waals surface area (Å²) in [7, 11) is 13.8. The molecule has 1 aromatic heterocycles. The Morgan fingerprint density at radius 2 is 1.07 bits per heavy atom. The molecule has 1 aliphatic rings. The van der Waals surface area contributed by atoms with E-state index in [4.69, 9.17) is 9.72 Å². The largest absolute Gasteiger partial charge is 0.461 e. The zero-order valence-electron chi connectivity index (χ0n) is 64.4. The van der Waals surface area contributed by atoms with Gasteiger partial charge in [0.2, 0.25) is 47.3 Å². The molecule has 558 valence electrons. The van der Waals surface area contributed by atoms with Crippen molar-refractivity contribution in [1.82, 2.24) is 54.5 Å². The molecule has 0 aliphatic carbocycles. The van der Waals surface area contributed by atoms with Gasteiger partial charge in [0, 0.05) is 99.3 Å². The number of aromatic amines is 1. The van der Waals surface area contributed by atoms with E-state index in [2.05, 4.69) is 10.3 Å². The topological polar surface area (TPSA) is 301 Å². The Morgan fingerprint density at radius 1 is 0.586 bits per heavy atom. The molecule has 2 heterocycles. The molecule has 0 radical (unpaired) electrons. The number of nitrogens with zero attached hydrogens (tertiary/aromatic N) is 9. The number of amides is 8. The number of benzene rings is 1. The number of likely N-dealkylation sites (N-methyl/N-ethyl adjacent to an activating group) is 8. The number of imidazole rings is 1. The highest BCUT2D eigenvalue weighted by Gasteiger charge is 2.46. The maximum Gasteiger partial charge on any atom is 0.338 e. The van der Waals surface area contributed by atoms with Crippen molar-refractivity contribution in [1.29, 1.82) is 0 Å². The van der Waals surface area contributed by atoms with Gasteiger partial charge >= 0.3 is 5.97 Å². The van der Waals surface area contributed by atoms with E-state index < -0.39 is 167 Å². The van der Waals surface area contributed by atoms with Crippen LogP contribution in [0.5, 0.6) is 0 Å². The first-order valence-corrected chi connectivity index (χ1v) is 35.6. The summed E-state index contributed by atoms with van der Waals surface area (Å²) in [6.07, 6.45) is -1.89. The van der Waals surface area contributed by atoms with Crippen LogP contribution in [0, 0.1) is 59.2 Å². The van der Waals surface area contributed by atoms with Crippen LogP contribution in [0.1, 0.15) is 178 Å². The minimum absolute atomic E-state index is 0.0267. The Balaban J connectivity index is 2.33. The van der Waals surface area contributed by atoms with Crippen LogP contribution in [-0.4, -0.2) is 256 Å². The molecular formula is C74H123N11O14. The Labute approximate surface area is 589 Å². The van der Waals surface area contributed by atoms with E-state index in [1.807, 2.05) is 74.4 Å². The molecule has 2 aromatic rings. The number of aliphatic hydroxyl groups excluding tert-OH is 1. The van der Waals surface area contributed by atoms with Crippen molar-refractivity contribution in [3.8, 4) is 0 Å². The first-order valence-electron chi connectivity index (χ1n) is 35.6. The third-order valence-electron chi connectivity index (χ3n) is 19.4. The minimum atomic E-state index is -1.65. The van der Waals surface area contributed by atoms with Crippen molar-refractivity contribution in [2.45, 2.75) is 217 Å². The zero-order chi connectivity index (χ0) is 75.7. The molecule has 1 aliphatic heterocycles. The number of rotatable bonds is 19. The maximum atomic E-state index is 15.6. The van der Waals surface area contributed by atoms with Crippen LogP contribution in [0.25, 0.3) is 11.0 Å². The lowest BCUT2D eigenvalue weighted by Gasteiger charge is -2.41. The van der Waals surface area contributed by atoms with E-state index in [1.54, 1.807) is 66.7 Å². The van der Waals surface area contributed by atoms with Crippen molar-refractivity contribution < 1.29 is 67.4 Å². The standard InChI is InChI=1S/C74H123N11O14/c1-26-50-38-61(88)65(66(90)47(14)36-62-76-53-28-27-51(37-54(53)77-62)74(98)99-30-29-78(17)18)85(25)73(97)64(46(12)13)84(24)72(96)58(34-44(8)9)83(23)71(95)57(33-43(6)7)82(22)68(92)49(16)75-67(91)48(15)35-59(86)56(32-42(4)5)81(21)70(94)52(45(10)11)39-60(87)55(31-41(2)3)80(20)63(89)40-79(19)69(50)93/h27-28,37,41-50,52,55-58,64-66,90H,26,29-36,38-40H2,1-25H3,(H,75,91)(H,76,77)/t47-,48-,49-,50-,52+,55+,56+,57+,58+,64+,65-,66-/m1/s1. The van der Waals surface area contributed by atoms with Gasteiger partial charge in [-0.05, 0) is 113 Å². The number of fused-ring (bicyclic) bond motifs is 1. The second-order valence-electron chi connectivity index (χ2n) is 30.8. The molecule has 25 nitrogen and oxygen atoms in total. The van der Waals surface area contributed by atoms with Gasteiger partial charge in [-0.15, -0.1) is 0 Å². The fourth-order valence-corrected chi connectivity index (χ4v) is 13.1. The van der Waals surface area contributed by atoms with Gasteiger partial charge in [0.25, 0.3) is 0 Å². The number of nitrogens with one attached hydrogen (secondary N) is 2. The Morgan fingerprint density at radius 3 is 1.58 bits per heavy atom. The molecule has 0 spiro atoms. The molecule has 1 saturated heterocycles. The van der Waals surface area contributed by atoms with Crippen LogP contribution in [0.2, 0.25) is 0 Å². The number of H-pyrrole nitrogens is 1. The Hall–Kier alpha value is -7.15. The van der Waals surface area contributed by atoms with Crippen LogP contribution >= 0.6 is 0 Å². The molecule has 0 saturated carbocycles. The Kier molecular flexibility index (Phi) is 33.6. The molecule has 0 unspecified atom stereocenters. The normalized spacial score (nSPS) is 25.0. The average Bonchev–Trinajstić information content (AvgIpc) is 1.50. The highest BCUT2D eigenvalue weighted by molar-refractivity contribution is 6.00. The molecule has 25 heteroatoms. The summed E-state index contributed by atoms with van der Waals surface area (Å²) in [5.41, 5.74) is 1.30. The summed E-state index contributed by atoms with van der Waals surface area (Å²) in [6, 6.07) is -3.67. The van der Waals surface area contributed by atoms with Crippen molar-refractivity contribution >= 4 is 81.6 Å². The fourth-order valence-electron chi connectivity index (χ4n) is 13.1. The van der Waals surface area contributed by atoms with E-state index in [9.17, 15) is 43.5 Å².